The minimum atomic E-state index is -0.592. The zero-order valence-corrected chi connectivity index (χ0v) is 21.1. The molecule has 0 radical (unpaired) electrons. The fourth-order valence-electron chi connectivity index (χ4n) is 6.56. The fourth-order valence-corrected chi connectivity index (χ4v) is 6.56. The Morgan fingerprint density at radius 3 is 2.97 bits per heavy atom. The van der Waals surface area contributed by atoms with Crippen LogP contribution in [0.25, 0.3) is 10.9 Å². The molecule has 10 heteroatoms. The Balaban J connectivity index is 1.11. The van der Waals surface area contributed by atoms with E-state index in [0.717, 1.165) is 41.5 Å². The number of hydrogen-bond donors (Lipinski definition) is 1. The molecule has 6 heterocycles. The number of hydrogen-bond acceptors (Lipinski definition) is 8. The Bertz CT molecular complexity index is 1380. The third kappa shape index (κ3) is 3.57. The molecule has 1 aromatic carbocycles. The first-order valence-corrected chi connectivity index (χ1v) is 13.0. The first-order valence-electron chi connectivity index (χ1n) is 13.0. The van der Waals surface area contributed by atoms with Crippen LogP contribution in [0.5, 0.6) is 5.75 Å². The molecule has 4 fully saturated rings. The van der Waals surface area contributed by atoms with Crippen LogP contribution >= 0.6 is 0 Å². The zero-order valence-electron chi connectivity index (χ0n) is 21.1. The number of carbonyl (C=O) groups excluding carboxylic acids is 1. The maximum atomic E-state index is 13.3. The van der Waals surface area contributed by atoms with Crippen molar-refractivity contribution in [1.82, 2.24) is 24.9 Å². The topological polar surface area (TPSA) is 112 Å². The molecule has 1 unspecified atom stereocenters. The summed E-state index contributed by atoms with van der Waals surface area (Å²) in [4.78, 5) is 19.6. The van der Waals surface area contributed by atoms with Crippen molar-refractivity contribution in [2.24, 2.45) is 5.92 Å². The van der Waals surface area contributed by atoms with Gasteiger partial charge >= 0.3 is 0 Å². The number of pyridine rings is 1. The van der Waals surface area contributed by atoms with Gasteiger partial charge in [0.25, 0.3) is 5.91 Å². The first-order chi connectivity index (χ1) is 17.9. The largest absolute Gasteiger partial charge is 0.484 e. The van der Waals surface area contributed by atoms with Crippen LogP contribution in [0, 0.1) is 5.92 Å². The van der Waals surface area contributed by atoms with Gasteiger partial charge in [0.2, 0.25) is 0 Å². The number of nitrogens with zero attached hydrogens (tertiary/aromatic N) is 5. The lowest BCUT2D eigenvalue weighted by Gasteiger charge is -2.44. The molecule has 1 saturated carbocycles. The highest BCUT2D eigenvalue weighted by atomic mass is 16.5. The molecule has 2 atom stereocenters. The molecule has 0 spiro atoms. The van der Waals surface area contributed by atoms with Crippen molar-refractivity contribution in [3.8, 4) is 5.75 Å². The van der Waals surface area contributed by atoms with Gasteiger partial charge in [-0.3, -0.25) is 9.78 Å². The molecule has 10 nitrogen and oxygen atoms in total. The van der Waals surface area contributed by atoms with Crippen molar-refractivity contribution >= 4 is 16.8 Å². The van der Waals surface area contributed by atoms with Gasteiger partial charge in [0.1, 0.15) is 23.1 Å². The summed E-state index contributed by atoms with van der Waals surface area (Å²) in [6.45, 7) is 6.57. The summed E-state index contributed by atoms with van der Waals surface area (Å²) < 4.78 is 19.9. The molecule has 1 amide bonds. The summed E-state index contributed by atoms with van der Waals surface area (Å²) in [5.41, 5.74) is 3.20. The number of benzene rings is 1. The van der Waals surface area contributed by atoms with Gasteiger partial charge in [-0.1, -0.05) is 5.21 Å². The molecule has 2 bridgehead atoms. The molecule has 4 aliphatic heterocycles. The lowest BCUT2D eigenvalue weighted by atomic mass is 9.66. The Kier molecular flexibility index (Phi) is 5.12. The van der Waals surface area contributed by atoms with Gasteiger partial charge in [0.05, 0.1) is 30.5 Å². The smallest absolute Gasteiger partial charge is 0.254 e. The van der Waals surface area contributed by atoms with Crippen LogP contribution in [-0.2, 0) is 32.8 Å². The Hall–Kier alpha value is -3.08. The highest BCUT2D eigenvalue weighted by Crippen LogP contribution is 2.60. The van der Waals surface area contributed by atoms with E-state index in [-0.39, 0.29) is 30.1 Å². The third-order valence-corrected chi connectivity index (χ3v) is 8.49. The lowest BCUT2D eigenvalue weighted by molar-refractivity contribution is -0.151. The van der Waals surface area contributed by atoms with E-state index < -0.39 is 11.6 Å². The molecule has 1 aliphatic carbocycles. The summed E-state index contributed by atoms with van der Waals surface area (Å²) in [6.07, 6.45) is 5.18. The summed E-state index contributed by atoms with van der Waals surface area (Å²) in [5.74, 6) is 0.887. The van der Waals surface area contributed by atoms with E-state index in [1.54, 1.807) is 4.90 Å². The van der Waals surface area contributed by atoms with Crippen molar-refractivity contribution in [3.05, 3.63) is 47.4 Å². The van der Waals surface area contributed by atoms with Crippen LogP contribution in [-0.4, -0.2) is 73.9 Å². The number of amides is 1. The van der Waals surface area contributed by atoms with E-state index in [4.69, 9.17) is 14.2 Å². The molecular weight excluding hydrogens is 474 g/mol. The SMILES string of the molecule is C[C@@H](Oc1ccc2ncc3c(c2c1)CCOC3)c1cn(C23CC(C)(C2)OC3C(=O)N2CC(CO)C2)nn1. The predicted octanol–water partition coefficient (Wildman–Crippen LogP) is 2.14. The second-order valence-electron chi connectivity index (χ2n) is 11.3. The van der Waals surface area contributed by atoms with Gasteiger partial charge in [-0.2, -0.15) is 0 Å². The Morgan fingerprint density at radius 2 is 2.16 bits per heavy atom. The van der Waals surface area contributed by atoms with Crippen LogP contribution in [0.2, 0.25) is 0 Å². The Labute approximate surface area is 214 Å². The second-order valence-corrected chi connectivity index (χ2v) is 11.3. The lowest BCUT2D eigenvalue weighted by Crippen LogP contribution is -2.59. The summed E-state index contributed by atoms with van der Waals surface area (Å²) in [7, 11) is 0. The van der Waals surface area contributed by atoms with Gasteiger partial charge in [0.15, 0.2) is 6.10 Å². The quantitative estimate of drug-likeness (QED) is 0.542. The van der Waals surface area contributed by atoms with E-state index in [1.807, 2.05) is 43.1 Å². The standard InChI is InChI=1S/C27H31N5O5/c1-16(36-19-3-4-22-21(7-19)20-5-6-35-13-18(20)8-28-22)23-11-32(30-29-23)27-14-26(2,15-27)37-24(27)25(34)31-9-17(10-31)12-33/h3-4,7-8,11,16-17,24,33H,5-6,9-10,12-15H2,1-2H3/t16-,24?,26?,27?/m1/s1. The molecule has 37 heavy (non-hydrogen) atoms. The highest BCUT2D eigenvalue weighted by Gasteiger charge is 2.70. The number of rotatable bonds is 6. The fraction of sp³-hybridized carbons (Fsp3) is 0.556. The number of ether oxygens (including phenoxy) is 3. The average Bonchev–Trinajstić information content (AvgIpc) is 3.54. The van der Waals surface area contributed by atoms with E-state index >= 15 is 0 Å². The van der Waals surface area contributed by atoms with Crippen LogP contribution in [0.4, 0.5) is 0 Å². The van der Waals surface area contributed by atoms with E-state index in [2.05, 4.69) is 21.4 Å². The molecule has 3 aromatic rings. The van der Waals surface area contributed by atoms with Gasteiger partial charge in [-0.15, -0.1) is 5.10 Å². The van der Waals surface area contributed by atoms with Crippen LogP contribution < -0.4 is 4.74 Å². The number of likely N-dealkylation sites (tertiary alicyclic amines) is 1. The van der Waals surface area contributed by atoms with Crippen molar-refractivity contribution < 1.29 is 24.1 Å². The predicted molar refractivity (Wildman–Crippen MR) is 132 cm³/mol. The van der Waals surface area contributed by atoms with Crippen molar-refractivity contribution in [2.75, 3.05) is 26.3 Å². The number of fused-ring (bicyclic) bond motifs is 4. The second kappa shape index (κ2) is 8.21. The number of carbonyl (C=O) groups is 1. The third-order valence-electron chi connectivity index (χ3n) is 8.49. The average molecular weight is 506 g/mol. The molecule has 3 saturated heterocycles. The molecule has 5 aliphatic rings. The molecular formula is C27H31N5O5. The molecule has 8 rings (SSSR count). The monoisotopic (exact) mass is 505 g/mol. The van der Waals surface area contributed by atoms with Gasteiger partial charge in [-0.05, 0) is 49.6 Å². The summed E-state index contributed by atoms with van der Waals surface area (Å²) >= 11 is 0. The normalized spacial score (nSPS) is 29.5. The first kappa shape index (κ1) is 23.1. The van der Waals surface area contributed by atoms with Crippen LogP contribution in [0.1, 0.15) is 49.6 Å². The van der Waals surface area contributed by atoms with E-state index in [0.29, 0.717) is 32.0 Å². The number of aromatic nitrogens is 4. The number of aliphatic hydroxyl groups excluding tert-OH is 1. The van der Waals surface area contributed by atoms with Crippen LogP contribution in [0.3, 0.4) is 0 Å². The number of aliphatic hydroxyl groups is 1. The maximum Gasteiger partial charge on any atom is 0.254 e. The van der Waals surface area contributed by atoms with Gasteiger partial charge < -0.3 is 24.2 Å². The molecule has 1 N–H and O–H groups in total. The summed E-state index contributed by atoms with van der Waals surface area (Å²) in [6, 6.07) is 5.97. The van der Waals surface area contributed by atoms with Crippen molar-refractivity contribution in [2.45, 2.75) is 63.1 Å². The van der Waals surface area contributed by atoms with Gasteiger partial charge in [0, 0.05) is 50.0 Å². The Morgan fingerprint density at radius 1 is 1.32 bits per heavy atom. The highest BCUT2D eigenvalue weighted by molar-refractivity contribution is 5.85. The van der Waals surface area contributed by atoms with E-state index in [1.165, 1.54) is 5.56 Å². The van der Waals surface area contributed by atoms with Crippen molar-refractivity contribution in [3.63, 3.8) is 0 Å². The summed E-state index contributed by atoms with van der Waals surface area (Å²) in [5, 5.41) is 19.3. The minimum absolute atomic E-state index is 0.0224. The minimum Gasteiger partial charge on any atom is -0.484 e. The van der Waals surface area contributed by atoms with Gasteiger partial charge in [-0.25, -0.2) is 4.68 Å². The maximum absolute atomic E-state index is 13.3. The molecule has 2 aromatic heterocycles. The van der Waals surface area contributed by atoms with Crippen molar-refractivity contribution in [1.29, 1.82) is 0 Å². The van der Waals surface area contributed by atoms with E-state index in [9.17, 15) is 9.90 Å². The zero-order chi connectivity index (χ0) is 25.4. The molecule has 194 valence electrons. The van der Waals surface area contributed by atoms with Crippen LogP contribution in [0.15, 0.2) is 30.6 Å².